The number of rotatable bonds is 8. The van der Waals surface area contributed by atoms with Crippen LogP contribution in [0.15, 0.2) is 36.5 Å². The number of carboxylic acids is 1. The lowest BCUT2D eigenvalue weighted by molar-refractivity contribution is -0.138. The number of anilines is 1. The molecular weight excluding hydrogens is 445 g/mol. The summed E-state index contributed by atoms with van der Waals surface area (Å²) in [4.78, 5) is 30.5. The number of nitrogens with zero attached hydrogens (tertiary/aromatic N) is 3. The first-order valence-electron chi connectivity index (χ1n) is 10.1. The second-order valence-electron chi connectivity index (χ2n) is 7.34. The normalized spacial score (nSPS) is 14.7. The molecule has 1 aliphatic rings. The molecule has 1 aromatic carbocycles. The highest BCUT2D eigenvalue weighted by Gasteiger charge is 2.30. The Hall–Kier alpha value is -3.54. The zero-order chi connectivity index (χ0) is 24.0. The second kappa shape index (κ2) is 10.4. The van der Waals surface area contributed by atoms with E-state index in [0.717, 1.165) is 12.1 Å². The third-order valence-electron chi connectivity index (χ3n) is 5.06. The summed E-state index contributed by atoms with van der Waals surface area (Å²) in [5.41, 5.74) is -0.345. The molecular formula is C21H23F3N4O5. The largest absolute Gasteiger partial charge is 0.505 e. The third kappa shape index (κ3) is 6.72. The van der Waals surface area contributed by atoms with Gasteiger partial charge in [-0.15, -0.1) is 0 Å². The molecule has 2 heterocycles. The van der Waals surface area contributed by atoms with Gasteiger partial charge in [0.1, 0.15) is 24.7 Å². The van der Waals surface area contributed by atoms with Gasteiger partial charge in [-0.05, 0) is 24.3 Å². The van der Waals surface area contributed by atoms with E-state index in [0.29, 0.717) is 50.8 Å². The Morgan fingerprint density at radius 3 is 2.36 bits per heavy atom. The fourth-order valence-corrected chi connectivity index (χ4v) is 3.29. The minimum absolute atomic E-state index is 0.251. The number of alkyl halides is 3. The molecule has 2 aromatic rings. The minimum Gasteiger partial charge on any atom is -0.505 e. The second-order valence-corrected chi connectivity index (χ2v) is 7.34. The molecule has 1 amide bonds. The molecule has 9 nitrogen and oxygen atoms in total. The molecule has 0 spiro atoms. The number of aromatic nitrogens is 1. The SMILES string of the molecule is O=C(O)CNC(=O)c1ncc(N2CCN(CCOc3ccc(C(F)(F)F)cc3)CC2)cc1O. The van der Waals surface area contributed by atoms with E-state index in [1.54, 1.807) is 0 Å². The fraction of sp³-hybridized carbons (Fsp3) is 0.381. The van der Waals surface area contributed by atoms with Crippen LogP contribution in [0.1, 0.15) is 16.1 Å². The predicted molar refractivity (Wildman–Crippen MR) is 111 cm³/mol. The summed E-state index contributed by atoms with van der Waals surface area (Å²) in [6.07, 6.45) is -2.93. The number of carbonyl (C=O) groups excluding carboxylic acids is 1. The fourth-order valence-electron chi connectivity index (χ4n) is 3.29. The van der Waals surface area contributed by atoms with Crippen molar-refractivity contribution < 1.29 is 37.7 Å². The maximum Gasteiger partial charge on any atom is 0.416 e. The number of carbonyl (C=O) groups is 2. The van der Waals surface area contributed by atoms with E-state index >= 15 is 0 Å². The number of aliphatic carboxylic acids is 1. The molecule has 1 aliphatic heterocycles. The number of hydrogen-bond acceptors (Lipinski definition) is 7. The summed E-state index contributed by atoms with van der Waals surface area (Å²) in [6, 6.07) is 5.97. The van der Waals surface area contributed by atoms with Crippen molar-refractivity contribution in [2.45, 2.75) is 6.18 Å². The summed E-state index contributed by atoms with van der Waals surface area (Å²) in [5, 5.41) is 20.9. The Balaban J connectivity index is 1.44. The van der Waals surface area contributed by atoms with E-state index in [1.165, 1.54) is 24.4 Å². The summed E-state index contributed by atoms with van der Waals surface area (Å²) < 4.78 is 43.3. The van der Waals surface area contributed by atoms with Crippen LogP contribution in [-0.4, -0.2) is 77.8 Å². The highest BCUT2D eigenvalue weighted by Crippen LogP contribution is 2.30. The Kier molecular flexibility index (Phi) is 7.59. The van der Waals surface area contributed by atoms with Crippen molar-refractivity contribution in [2.24, 2.45) is 0 Å². The van der Waals surface area contributed by atoms with Crippen LogP contribution < -0.4 is 15.0 Å². The number of hydrogen-bond donors (Lipinski definition) is 3. The number of piperazine rings is 1. The average Bonchev–Trinajstić information content (AvgIpc) is 2.77. The van der Waals surface area contributed by atoms with E-state index in [4.69, 9.17) is 9.84 Å². The van der Waals surface area contributed by atoms with Gasteiger partial charge in [0.2, 0.25) is 0 Å². The van der Waals surface area contributed by atoms with Gasteiger partial charge in [0, 0.05) is 38.8 Å². The summed E-state index contributed by atoms with van der Waals surface area (Å²) >= 11 is 0. The van der Waals surface area contributed by atoms with Crippen LogP contribution in [0.5, 0.6) is 11.5 Å². The van der Waals surface area contributed by atoms with Gasteiger partial charge in [-0.2, -0.15) is 13.2 Å². The number of ether oxygens (including phenoxy) is 1. The standard InChI is InChI=1S/C21H23F3N4O5/c22-21(23,24)14-1-3-16(4-2-14)33-10-9-27-5-7-28(8-6-27)15-11-17(29)19(25-12-15)20(32)26-13-18(30)31/h1-4,11-12,29H,5-10,13H2,(H,26,32)(H,30,31). The Morgan fingerprint density at radius 1 is 1.12 bits per heavy atom. The van der Waals surface area contributed by atoms with Crippen molar-refractivity contribution in [3.05, 3.63) is 47.8 Å². The van der Waals surface area contributed by atoms with Crippen molar-refractivity contribution in [3.63, 3.8) is 0 Å². The quantitative estimate of drug-likeness (QED) is 0.538. The smallest absolute Gasteiger partial charge is 0.416 e. The van der Waals surface area contributed by atoms with Crippen LogP contribution in [-0.2, 0) is 11.0 Å². The molecule has 0 unspecified atom stereocenters. The molecule has 178 valence electrons. The van der Waals surface area contributed by atoms with Crippen molar-refractivity contribution in [1.29, 1.82) is 0 Å². The topological polar surface area (TPSA) is 115 Å². The number of halogens is 3. The van der Waals surface area contributed by atoms with Gasteiger partial charge in [-0.3, -0.25) is 14.5 Å². The molecule has 0 bridgehead atoms. The van der Waals surface area contributed by atoms with Crippen LogP contribution in [0.2, 0.25) is 0 Å². The lowest BCUT2D eigenvalue weighted by Crippen LogP contribution is -2.47. The first-order valence-corrected chi connectivity index (χ1v) is 10.1. The molecule has 0 saturated carbocycles. The molecule has 3 rings (SSSR count). The zero-order valence-corrected chi connectivity index (χ0v) is 17.5. The van der Waals surface area contributed by atoms with Gasteiger partial charge in [-0.1, -0.05) is 0 Å². The molecule has 0 aliphatic carbocycles. The Labute approximate surface area is 187 Å². The van der Waals surface area contributed by atoms with Gasteiger partial charge < -0.3 is 25.2 Å². The van der Waals surface area contributed by atoms with Gasteiger partial charge in [-0.25, -0.2) is 4.98 Å². The first-order chi connectivity index (χ1) is 15.6. The van der Waals surface area contributed by atoms with Crippen molar-refractivity contribution in [1.82, 2.24) is 15.2 Å². The molecule has 1 aromatic heterocycles. The maximum atomic E-state index is 12.6. The summed E-state index contributed by atoms with van der Waals surface area (Å²) in [5.74, 6) is -1.96. The highest BCUT2D eigenvalue weighted by molar-refractivity contribution is 5.96. The molecule has 1 saturated heterocycles. The van der Waals surface area contributed by atoms with E-state index < -0.39 is 30.2 Å². The summed E-state index contributed by atoms with van der Waals surface area (Å²) in [6.45, 7) is 3.00. The van der Waals surface area contributed by atoms with Crippen molar-refractivity contribution in [2.75, 3.05) is 50.8 Å². The highest BCUT2D eigenvalue weighted by atomic mass is 19.4. The average molecular weight is 468 g/mol. The molecule has 0 atom stereocenters. The number of pyridine rings is 1. The van der Waals surface area contributed by atoms with Gasteiger partial charge in [0.15, 0.2) is 5.69 Å². The first kappa shape index (κ1) is 24.1. The predicted octanol–water partition coefficient (Wildman–Crippen LogP) is 1.82. The lowest BCUT2D eigenvalue weighted by atomic mass is 10.2. The number of aromatic hydroxyl groups is 1. The summed E-state index contributed by atoms with van der Waals surface area (Å²) in [7, 11) is 0. The molecule has 33 heavy (non-hydrogen) atoms. The van der Waals surface area contributed by atoms with Crippen LogP contribution in [0, 0.1) is 0 Å². The number of amides is 1. The number of benzene rings is 1. The van der Waals surface area contributed by atoms with Crippen LogP contribution >= 0.6 is 0 Å². The zero-order valence-electron chi connectivity index (χ0n) is 17.5. The molecule has 12 heteroatoms. The van der Waals surface area contributed by atoms with Crippen LogP contribution in [0.25, 0.3) is 0 Å². The van der Waals surface area contributed by atoms with Gasteiger partial charge in [0.25, 0.3) is 5.91 Å². The lowest BCUT2D eigenvalue weighted by Gasteiger charge is -2.35. The maximum absolute atomic E-state index is 12.6. The van der Waals surface area contributed by atoms with E-state index in [-0.39, 0.29) is 11.4 Å². The van der Waals surface area contributed by atoms with Crippen molar-refractivity contribution in [3.8, 4) is 11.5 Å². The Bertz CT molecular complexity index is 977. The molecule has 0 radical (unpaired) electrons. The van der Waals surface area contributed by atoms with Crippen LogP contribution in [0.4, 0.5) is 18.9 Å². The van der Waals surface area contributed by atoms with E-state index in [2.05, 4.69) is 15.2 Å². The molecule has 3 N–H and O–H groups in total. The third-order valence-corrected chi connectivity index (χ3v) is 5.06. The Morgan fingerprint density at radius 2 is 1.79 bits per heavy atom. The van der Waals surface area contributed by atoms with Crippen molar-refractivity contribution >= 4 is 17.6 Å². The van der Waals surface area contributed by atoms with E-state index in [9.17, 15) is 27.9 Å². The minimum atomic E-state index is -4.38. The molecule has 1 fully saturated rings. The number of carboxylic acid groups (broad SMARTS) is 1. The van der Waals surface area contributed by atoms with Gasteiger partial charge in [0.05, 0.1) is 17.4 Å². The van der Waals surface area contributed by atoms with Gasteiger partial charge >= 0.3 is 12.1 Å². The van der Waals surface area contributed by atoms with E-state index in [1.807, 2.05) is 4.90 Å². The number of nitrogens with one attached hydrogen (secondary N) is 1. The van der Waals surface area contributed by atoms with Crippen LogP contribution in [0.3, 0.4) is 0 Å². The monoisotopic (exact) mass is 468 g/mol.